The fraction of sp³-hybridized carbons (Fsp3) is 0.250. The summed E-state index contributed by atoms with van der Waals surface area (Å²) in [6.45, 7) is 0. The highest BCUT2D eigenvalue weighted by Crippen LogP contribution is 2.58. The molecule has 0 spiro atoms. The number of nitro groups is 2. The van der Waals surface area contributed by atoms with Crippen LogP contribution in [0, 0.1) is 32.0 Å². The maximum Gasteiger partial charge on any atom is 0.282 e. The molecule has 7 nitrogen and oxygen atoms in total. The van der Waals surface area contributed by atoms with Gasteiger partial charge in [0.1, 0.15) is 5.82 Å². The highest BCUT2D eigenvalue weighted by atomic mass is 35.5. The van der Waals surface area contributed by atoms with Crippen LogP contribution in [0.4, 0.5) is 21.5 Å². The molecule has 1 N–H and O–H groups in total. The molecule has 0 amide bonds. The molecule has 0 bridgehead atoms. The van der Waals surface area contributed by atoms with Crippen molar-refractivity contribution in [2.75, 3.05) is 5.32 Å². The number of hydrogen-bond donors (Lipinski definition) is 1. The second-order valence-corrected chi connectivity index (χ2v) is 10.2. The van der Waals surface area contributed by atoms with Gasteiger partial charge >= 0.3 is 0 Å². The van der Waals surface area contributed by atoms with Crippen molar-refractivity contribution in [1.82, 2.24) is 0 Å². The summed E-state index contributed by atoms with van der Waals surface area (Å²) in [7, 11) is 0. The Morgan fingerprint density at radius 2 is 1.71 bits per heavy atom. The summed E-state index contributed by atoms with van der Waals surface area (Å²) in [5, 5.41) is 25.7. The lowest BCUT2D eigenvalue weighted by molar-refractivity contribution is -0.387. The van der Waals surface area contributed by atoms with Gasteiger partial charge in [-0.05, 0) is 36.1 Å². The average Bonchev–Trinajstić information content (AvgIpc) is 3.15. The summed E-state index contributed by atoms with van der Waals surface area (Å²) in [4.78, 5) is 22.6. The largest absolute Gasteiger partial charge is 0.378 e. The number of rotatable bonds is 5. The van der Waals surface area contributed by atoms with E-state index in [1.807, 2.05) is 0 Å². The molecule has 3 aromatic carbocycles. The average molecular weight is 500 g/mol. The van der Waals surface area contributed by atoms with Crippen molar-refractivity contribution in [3.63, 3.8) is 0 Å². The zero-order valence-corrected chi connectivity index (χ0v) is 19.2. The van der Waals surface area contributed by atoms with E-state index in [0.29, 0.717) is 22.6 Å². The van der Waals surface area contributed by atoms with Gasteiger partial charge in [-0.2, -0.15) is 0 Å². The first-order valence-corrected chi connectivity index (χ1v) is 12.0. The molecule has 1 aliphatic carbocycles. The monoisotopic (exact) mass is 499 g/mol. The Kier molecular flexibility index (Phi) is 5.91. The lowest BCUT2D eigenvalue weighted by atomic mass is 9.77. The molecule has 1 fully saturated rings. The van der Waals surface area contributed by atoms with Crippen molar-refractivity contribution in [2.24, 2.45) is 5.92 Å². The van der Waals surface area contributed by atoms with Gasteiger partial charge in [0, 0.05) is 40.6 Å². The molecule has 3 aromatic rings. The first-order chi connectivity index (χ1) is 16.3. The zero-order chi connectivity index (χ0) is 24.0. The number of alkyl halides is 1. The van der Waals surface area contributed by atoms with Gasteiger partial charge in [-0.1, -0.05) is 30.3 Å². The molecule has 1 heterocycles. The second kappa shape index (κ2) is 8.88. The standard InChI is InChI=1S/C24H19ClFN3O4S/c25-23-21(34-20-8-4-3-7-19(20)29(32)33)12-16-22(23)15-11-13(28(30)31)9-10-18(15)27-24(16)14-5-1-2-6-17(14)26/h1-11,16,21-24,27H,12H2. The number of nitrogens with one attached hydrogen (secondary N) is 1. The van der Waals surface area contributed by atoms with E-state index < -0.39 is 21.3 Å². The van der Waals surface area contributed by atoms with Gasteiger partial charge < -0.3 is 5.32 Å². The topological polar surface area (TPSA) is 98.3 Å². The van der Waals surface area contributed by atoms with Crippen LogP contribution in [-0.4, -0.2) is 20.5 Å². The van der Waals surface area contributed by atoms with Crippen molar-refractivity contribution >= 4 is 40.4 Å². The molecule has 5 atom stereocenters. The van der Waals surface area contributed by atoms with Gasteiger partial charge in [-0.3, -0.25) is 20.2 Å². The number of fused-ring (bicyclic) bond motifs is 3. The molecule has 0 aromatic heterocycles. The third-order valence-corrected chi connectivity index (χ3v) is 8.70. The highest BCUT2D eigenvalue weighted by Gasteiger charge is 2.51. The summed E-state index contributed by atoms with van der Waals surface area (Å²) >= 11 is 8.34. The van der Waals surface area contributed by atoms with E-state index in [-0.39, 0.29) is 34.3 Å². The van der Waals surface area contributed by atoms with Crippen LogP contribution in [0.3, 0.4) is 0 Å². The smallest absolute Gasteiger partial charge is 0.282 e. The minimum Gasteiger partial charge on any atom is -0.378 e. The molecule has 34 heavy (non-hydrogen) atoms. The number of non-ortho nitro benzene ring substituents is 1. The Labute approximate surface area is 203 Å². The highest BCUT2D eigenvalue weighted by molar-refractivity contribution is 8.00. The molecule has 1 saturated carbocycles. The minimum absolute atomic E-state index is 0.00561. The van der Waals surface area contributed by atoms with Crippen LogP contribution in [0.1, 0.15) is 29.5 Å². The number of benzene rings is 3. The Bertz CT molecular complexity index is 1290. The Morgan fingerprint density at radius 1 is 0.971 bits per heavy atom. The molecule has 1 aliphatic heterocycles. The van der Waals surface area contributed by atoms with Gasteiger partial charge in [-0.15, -0.1) is 23.4 Å². The number of halogens is 2. The van der Waals surface area contributed by atoms with Crippen LogP contribution < -0.4 is 5.32 Å². The number of anilines is 1. The fourth-order valence-electron chi connectivity index (χ4n) is 5.12. The number of nitrogens with zero attached hydrogens (tertiary/aromatic N) is 2. The van der Waals surface area contributed by atoms with Crippen LogP contribution in [-0.2, 0) is 0 Å². The van der Waals surface area contributed by atoms with Crippen molar-refractivity contribution in [1.29, 1.82) is 0 Å². The lowest BCUT2D eigenvalue weighted by Gasteiger charge is -2.38. The van der Waals surface area contributed by atoms with E-state index in [1.54, 1.807) is 42.5 Å². The van der Waals surface area contributed by atoms with Crippen molar-refractivity contribution in [2.45, 2.75) is 33.9 Å². The maximum absolute atomic E-state index is 14.8. The molecule has 10 heteroatoms. The minimum atomic E-state index is -0.466. The second-order valence-electron chi connectivity index (χ2n) is 8.42. The third kappa shape index (κ3) is 3.88. The van der Waals surface area contributed by atoms with Gasteiger partial charge in [0.2, 0.25) is 0 Å². The lowest BCUT2D eigenvalue weighted by Crippen LogP contribution is -2.31. The number of thioether (sulfide) groups is 1. The van der Waals surface area contributed by atoms with Gasteiger partial charge in [0.05, 0.1) is 26.2 Å². The third-order valence-electron chi connectivity index (χ3n) is 6.59. The van der Waals surface area contributed by atoms with Gasteiger partial charge in [-0.25, -0.2) is 4.39 Å². The van der Waals surface area contributed by atoms with Gasteiger partial charge in [0.25, 0.3) is 11.4 Å². The number of hydrogen-bond acceptors (Lipinski definition) is 6. The first kappa shape index (κ1) is 22.6. The van der Waals surface area contributed by atoms with E-state index >= 15 is 0 Å². The van der Waals surface area contributed by atoms with Gasteiger partial charge in [0.15, 0.2) is 0 Å². The quantitative estimate of drug-likeness (QED) is 0.239. The van der Waals surface area contributed by atoms with Crippen LogP contribution >= 0.6 is 23.4 Å². The van der Waals surface area contributed by atoms with Crippen LogP contribution in [0.5, 0.6) is 0 Å². The molecule has 0 saturated heterocycles. The van der Waals surface area contributed by atoms with Crippen molar-refractivity contribution in [3.8, 4) is 0 Å². The Hall–Kier alpha value is -3.17. The number of para-hydroxylation sites is 1. The maximum atomic E-state index is 14.8. The fourth-order valence-corrected chi connectivity index (χ4v) is 7.07. The predicted octanol–water partition coefficient (Wildman–Crippen LogP) is 6.68. The van der Waals surface area contributed by atoms with E-state index in [4.69, 9.17) is 11.6 Å². The van der Waals surface area contributed by atoms with E-state index in [1.165, 1.54) is 36.0 Å². The van der Waals surface area contributed by atoms with E-state index in [9.17, 15) is 24.6 Å². The van der Waals surface area contributed by atoms with Crippen molar-refractivity contribution < 1.29 is 14.2 Å². The zero-order valence-electron chi connectivity index (χ0n) is 17.6. The van der Waals surface area contributed by atoms with Crippen LogP contribution in [0.15, 0.2) is 71.6 Å². The number of nitro benzene ring substituents is 2. The normalized spacial score (nSPS) is 25.2. The molecule has 0 radical (unpaired) electrons. The summed E-state index contributed by atoms with van der Waals surface area (Å²) in [5.41, 5.74) is 1.87. The molecular formula is C24H19ClFN3O4S. The molecular weight excluding hydrogens is 481 g/mol. The Balaban J connectivity index is 1.57. The first-order valence-electron chi connectivity index (χ1n) is 10.7. The molecule has 5 rings (SSSR count). The summed E-state index contributed by atoms with van der Waals surface area (Å²) in [6, 6.07) is 17.2. The molecule has 2 aliphatic rings. The van der Waals surface area contributed by atoms with Crippen molar-refractivity contribution in [3.05, 3.63) is 104 Å². The van der Waals surface area contributed by atoms with Crippen LogP contribution in [0.2, 0.25) is 0 Å². The SMILES string of the molecule is O=[N+]([O-])c1ccc2c(c1)C1C(Cl)C(Sc3ccccc3[N+](=O)[O-])CC1C(c1ccccc1F)N2. The van der Waals surface area contributed by atoms with E-state index in [0.717, 1.165) is 5.56 Å². The molecule has 5 unspecified atom stereocenters. The summed E-state index contributed by atoms with van der Waals surface area (Å²) in [6.07, 6.45) is 0.559. The summed E-state index contributed by atoms with van der Waals surface area (Å²) in [5.74, 6) is -0.790. The Morgan fingerprint density at radius 3 is 2.44 bits per heavy atom. The summed E-state index contributed by atoms with van der Waals surface area (Å²) < 4.78 is 14.8. The predicted molar refractivity (Wildman–Crippen MR) is 129 cm³/mol. The van der Waals surface area contributed by atoms with Crippen LogP contribution in [0.25, 0.3) is 0 Å². The molecule has 174 valence electrons. The van der Waals surface area contributed by atoms with E-state index in [2.05, 4.69) is 5.32 Å².